The molecule has 8 nitrogen and oxygen atoms in total. The molecule has 4 rings (SSSR count). The minimum atomic E-state index is -0.463. The predicted octanol–water partition coefficient (Wildman–Crippen LogP) is 5.59. The molecule has 2 N–H and O–H groups in total. The summed E-state index contributed by atoms with van der Waals surface area (Å²) in [4.78, 5) is 25.1. The molecule has 0 atom stereocenters. The van der Waals surface area contributed by atoms with Gasteiger partial charge in [0.05, 0.1) is 22.4 Å². The van der Waals surface area contributed by atoms with Gasteiger partial charge in [-0.2, -0.15) is 0 Å². The summed E-state index contributed by atoms with van der Waals surface area (Å²) in [6.45, 7) is 16.2. The van der Waals surface area contributed by atoms with Gasteiger partial charge in [0.15, 0.2) is 0 Å². The first kappa shape index (κ1) is 33.2. The second-order valence-electron chi connectivity index (χ2n) is 13.8. The first-order valence-corrected chi connectivity index (χ1v) is 15.6. The Balaban J connectivity index is 1.11. The number of amides is 2. The van der Waals surface area contributed by atoms with E-state index in [9.17, 15) is 9.59 Å². The van der Waals surface area contributed by atoms with Crippen molar-refractivity contribution in [2.24, 2.45) is 0 Å². The van der Waals surface area contributed by atoms with Crippen LogP contribution in [0.3, 0.4) is 0 Å². The number of carbonyl (C=O) groups excluding carboxylic acids is 2. The molecule has 0 radical (unpaired) electrons. The first-order chi connectivity index (χ1) is 20.1. The third kappa shape index (κ3) is 8.29. The zero-order valence-electron chi connectivity index (χ0n) is 27.2. The van der Waals surface area contributed by atoms with Crippen LogP contribution in [0.15, 0.2) is 48.5 Å². The van der Waals surface area contributed by atoms with Gasteiger partial charge in [0.1, 0.15) is 0 Å². The molecule has 2 aromatic carbocycles. The molecule has 232 valence electrons. The highest BCUT2D eigenvalue weighted by Crippen LogP contribution is 2.37. The molecule has 2 aliphatic rings. The fourth-order valence-electron chi connectivity index (χ4n) is 5.03. The molecular weight excluding hydrogens is 542 g/mol. The maximum absolute atomic E-state index is 12.5. The van der Waals surface area contributed by atoms with Crippen molar-refractivity contribution in [2.45, 2.75) is 123 Å². The summed E-state index contributed by atoms with van der Waals surface area (Å²) in [5, 5.41) is 6.00. The maximum atomic E-state index is 12.5. The minimum absolute atomic E-state index is 0.00629. The Labute approximate surface area is 258 Å². The molecule has 2 amide bonds. The highest BCUT2D eigenvalue weighted by molar-refractivity contribution is 6.62. The maximum Gasteiger partial charge on any atom is 0.494 e. The van der Waals surface area contributed by atoms with E-state index in [1.54, 1.807) is 0 Å². The van der Waals surface area contributed by atoms with Crippen molar-refractivity contribution in [1.29, 1.82) is 0 Å². The third-order valence-corrected chi connectivity index (χ3v) is 9.20. The number of carbonyl (C=O) groups is 2. The Bertz CT molecular complexity index is 1170. The molecule has 0 aromatic heterocycles. The Morgan fingerprint density at radius 2 is 0.884 bits per heavy atom. The van der Waals surface area contributed by atoms with Crippen molar-refractivity contribution in [1.82, 2.24) is 0 Å². The van der Waals surface area contributed by atoms with Gasteiger partial charge in [-0.05, 0) is 103 Å². The summed E-state index contributed by atoms with van der Waals surface area (Å²) < 4.78 is 24.5. The minimum Gasteiger partial charge on any atom is -0.399 e. The molecule has 43 heavy (non-hydrogen) atoms. The summed E-state index contributed by atoms with van der Waals surface area (Å²) in [6.07, 6.45) is 5.40. The van der Waals surface area contributed by atoms with E-state index in [0.29, 0.717) is 12.8 Å². The van der Waals surface area contributed by atoms with Crippen molar-refractivity contribution in [3.8, 4) is 0 Å². The smallest absolute Gasteiger partial charge is 0.399 e. The van der Waals surface area contributed by atoms with Gasteiger partial charge in [-0.1, -0.05) is 43.5 Å². The van der Waals surface area contributed by atoms with Crippen LogP contribution in [0, 0.1) is 0 Å². The van der Waals surface area contributed by atoms with E-state index in [4.69, 9.17) is 18.6 Å². The number of unbranched alkanes of at least 4 members (excludes halogenated alkanes) is 4. The van der Waals surface area contributed by atoms with Gasteiger partial charge in [-0.3, -0.25) is 9.59 Å². The molecule has 2 saturated heterocycles. The van der Waals surface area contributed by atoms with Crippen LogP contribution in [-0.4, -0.2) is 48.5 Å². The van der Waals surface area contributed by atoms with Crippen molar-refractivity contribution >= 4 is 48.4 Å². The molecule has 0 aliphatic carbocycles. The second-order valence-corrected chi connectivity index (χ2v) is 13.8. The van der Waals surface area contributed by atoms with E-state index in [-0.39, 0.29) is 11.8 Å². The predicted molar refractivity (Wildman–Crippen MR) is 174 cm³/mol. The number of benzene rings is 2. The van der Waals surface area contributed by atoms with Gasteiger partial charge in [0.2, 0.25) is 11.8 Å². The monoisotopic (exact) mass is 590 g/mol. The third-order valence-electron chi connectivity index (χ3n) is 9.20. The van der Waals surface area contributed by atoms with Crippen molar-refractivity contribution in [3.63, 3.8) is 0 Å². The van der Waals surface area contributed by atoms with Crippen LogP contribution < -0.4 is 21.6 Å². The fourth-order valence-corrected chi connectivity index (χ4v) is 5.03. The van der Waals surface area contributed by atoms with E-state index >= 15 is 0 Å². The quantitative estimate of drug-likeness (QED) is 0.247. The summed E-state index contributed by atoms with van der Waals surface area (Å²) in [5.74, 6) is -0.0126. The molecule has 0 unspecified atom stereocenters. The van der Waals surface area contributed by atoms with Crippen LogP contribution in [0.25, 0.3) is 0 Å². The zero-order valence-corrected chi connectivity index (χ0v) is 27.2. The van der Waals surface area contributed by atoms with Crippen LogP contribution in [0.4, 0.5) is 11.4 Å². The number of hydrogen-bond acceptors (Lipinski definition) is 6. The van der Waals surface area contributed by atoms with Crippen LogP contribution in [-0.2, 0) is 28.2 Å². The number of nitrogens with one attached hydrogen (secondary N) is 2. The number of rotatable bonds is 12. The zero-order chi connectivity index (χ0) is 31.5. The van der Waals surface area contributed by atoms with Crippen molar-refractivity contribution < 1.29 is 28.2 Å². The van der Waals surface area contributed by atoms with Crippen LogP contribution >= 0.6 is 0 Å². The SMILES string of the molecule is CC1(C)OB(c2cccc(NC(=O)CCCCCCCC(=O)Nc3cccc(B4OC(C)(C)C(C)(C)O4)c3)c2)OC1(C)C. The van der Waals surface area contributed by atoms with Gasteiger partial charge in [-0.15, -0.1) is 0 Å². The topological polar surface area (TPSA) is 95.1 Å². The first-order valence-electron chi connectivity index (χ1n) is 15.6. The molecule has 2 heterocycles. The fraction of sp³-hybridized carbons (Fsp3) is 0.576. The van der Waals surface area contributed by atoms with E-state index in [0.717, 1.165) is 54.4 Å². The van der Waals surface area contributed by atoms with Gasteiger partial charge in [0.25, 0.3) is 0 Å². The molecule has 2 aromatic rings. The summed E-state index contributed by atoms with van der Waals surface area (Å²) in [7, 11) is -0.925. The van der Waals surface area contributed by atoms with Crippen molar-refractivity contribution in [3.05, 3.63) is 48.5 Å². The molecule has 10 heteroatoms. The van der Waals surface area contributed by atoms with E-state index < -0.39 is 36.6 Å². The van der Waals surface area contributed by atoms with E-state index in [1.165, 1.54) is 0 Å². The van der Waals surface area contributed by atoms with Gasteiger partial charge in [0, 0.05) is 24.2 Å². The van der Waals surface area contributed by atoms with E-state index in [2.05, 4.69) is 10.6 Å². The normalized spacial score (nSPS) is 19.8. The summed E-state index contributed by atoms with van der Waals surface area (Å²) in [6, 6.07) is 15.3. The Morgan fingerprint density at radius 1 is 0.558 bits per heavy atom. The molecule has 0 bridgehead atoms. The van der Waals surface area contributed by atoms with Crippen LogP contribution in [0.5, 0.6) is 0 Å². The summed E-state index contributed by atoms with van der Waals surface area (Å²) >= 11 is 0. The van der Waals surface area contributed by atoms with Gasteiger partial charge in [-0.25, -0.2) is 0 Å². The standard InChI is InChI=1S/C33H48B2N2O6/c1-30(2)31(3,4)41-34(40-30)24-16-14-18-26(22-24)36-28(38)20-12-10-9-11-13-21-29(39)37-27-19-15-17-25(23-27)35-42-32(5,6)33(7,8)43-35/h14-19,22-23H,9-13,20-21H2,1-8H3,(H,36,38)(H,37,39). The largest absolute Gasteiger partial charge is 0.494 e. The lowest BCUT2D eigenvalue weighted by atomic mass is 9.79. The number of anilines is 2. The Kier molecular flexibility index (Phi) is 10.2. The molecule has 2 aliphatic heterocycles. The van der Waals surface area contributed by atoms with Crippen LogP contribution in [0.2, 0.25) is 0 Å². The Morgan fingerprint density at radius 3 is 1.23 bits per heavy atom. The van der Waals surface area contributed by atoms with Crippen LogP contribution in [0.1, 0.15) is 100 Å². The van der Waals surface area contributed by atoms with Crippen molar-refractivity contribution in [2.75, 3.05) is 10.6 Å². The average molecular weight is 590 g/mol. The lowest BCUT2D eigenvalue weighted by Crippen LogP contribution is -2.41. The summed E-state index contributed by atoms with van der Waals surface area (Å²) in [5.41, 5.74) is 1.60. The van der Waals surface area contributed by atoms with Gasteiger partial charge >= 0.3 is 14.2 Å². The average Bonchev–Trinajstić information content (AvgIpc) is 3.28. The molecule has 0 saturated carbocycles. The lowest BCUT2D eigenvalue weighted by Gasteiger charge is -2.32. The second kappa shape index (κ2) is 13.1. The highest BCUT2D eigenvalue weighted by Gasteiger charge is 2.52. The molecule has 0 spiro atoms. The highest BCUT2D eigenvalue weighted by atomic mass is 16.7. The Hall–Kier alpha value is -2.65. The molecular formula is C33H48B2N2O6. The van der Waals surface area contributed by atoms with Gasteiger partial charge < -0.3 is 29.3 Å². The lowest BCUT2D eigenvalue weighted by molar-refractivity contribution is -0.117. The van der Waals surface area contributed by atoms with E-state index in [1.807, 2.05) is 104 Å². The number of hydrogen-bond donors (Lipinski definition) is 2. The molecule has 2 fully saturated rings.